The average molecular weight is 277 g/mol. The molecule has 0 fully saturated rings. The predicted molar refractivity (Wildman–Crippen MR) is 61.8 cm³/mol. The van der Waals surface area contributed by atoms with Crippen LogP contribution in [0.2, 0.25) is 0 Å². The summed E-state index contributed by atoms with van der Waals surface area (Å²) < 4.78 is 37.7. The number of aliphatic carboxylic acids is 1. The first-order chi connectivity index (χ1) is 8.51. The van der Waals surface area contributed by atoms with Crippen molar-refractivity contribution in [1.82, 2.24) is 9.97 Å². The third kappa shape index (κ3) is 4.08. The number of nitrogens with zero attached hydrogens (tertiary/aromatic N) is 3. The molecule has 5 nitrogen and oxygen atoms in total. The lowest BCUT2D eigenvalue weighted by atomic mass is 10.1. The van der Waals surface area contributed by atoms with E-state index in [0.717, 1.165) is 12.3 Å². The fraction of sp³-hybridized carbons (Fsp3) is 0.545. The van der Waals surface area contributed by atoms with E-state index in [9.17, 15) is 18.0 Å². The Morgan fingerprint density at radius 3 is 2.37 bits per heavy atom. The second-order valence-electron chi connectivity index (χ2n) is 4.89. The first-order valence-corrected chi connectivity index (χ1v) is 5.41. The first-order valence-electron chi connectivity index (χ1n) is 5.41. The third-order valence-corrected chi connectivity index (χ3v) is 2.28. The summed E-state index contributed by atoms with van der Waals surface area (Å²) in [5, 5.41) is 8.82. The van der Waals surface area contributed by atoms with Gasteiger partial charge in [-0.05, 0) is 26.8 Å². The molecule has 106 valence electrons. The number of halogens is 3. The molecule has 1 aromatic heterocycles. The Labute approximate surface area is 108 Å². The molecule has 0 spiro atoms. The van der Waals surface area contributed by atoms with E-state index in [1.54, 1.807) is 20.8 Å². The molecule has 0 aromatic carbocycles. The molecule has 0 atom stereocenters. The zero-order chi connectivity index (χ0) is 14.8. The fourth-order valence-electron chi connectivity index (χ4n) is 1.38. The van der Waals surface area contributed by atoms with Gasteiger partial charge >= 0.3 is 12.1 Å². The summed E-state index contributed by atoms with van der Waals surface area (Å²) in [6, 6.07) is 0.741. The molecule has 0 radical (unpaired) electrons. The van der Waals surface area contributed by atoms with Gasteiger partial charge in [-0.2, -0.15) is 13.2 Å². The van der Waals surface area contributed by atoms with Gasteiger partial charge < -0.3 is 10.0 Å². The van der Waals surface area contributed by atoms with E-state index in [1.165, 1.54) is 4.90 Å². The minimum absolute atomic E-state index is 0.260. The molecule has 0 amide bonds. The Bertz CT molecular complexity index is 469. The summed E-state index contributed by atoms with van der Waals surface area (Å²) in [5.74, 6) is -1.43. The SMILES string of the molecule is CC(C)(C)N(CC(=O)O)c1nccc(C(F)(F)F)n1. The van der Waals surface area contributed by atoms with E-state index in [1.807, 2.05) is 0 Å². The second kappa shape index (κ2) is 5.02. The molecule has 0 unspecified atom stereocenters. The van der Waals surface area contributed by atoms with Crippen LogP contribution in [-0.4, -0.2) is 33.1 Å². The molecule has 1 heterocycles. The molecule has 0 aliphatic rings. The Hall–Kier alpha value is -1.86. The van der Waals surface area contributed by atoms with Crippen molar-refractivity contribution < 1.29 is 23.1 Å². The lowest BCUT2D eigenvalue weighted by Crippen LogP contribution is -2.45. The van der Waals surface area contributed by atoms with Crippen molar-refractivity contribution >= 4 is 11.9 Å². The number of alkyl halides is 3. The average Bonchev–Trinajstić information content (AvgIpc) is 2.23. The van der Waals surface area contributed by atoms with E-state index in [2.05, 4.69) is 9.97 Å². The van der Waals surface area contributed by atoms with Crippen molar-refractivity contribution in [3.8, 4) is 0 Å². The van der Waals surface area contributed by atoms with Crippen LogP contribution in [0.3, 0.4) is 0 Å². The van der Waals surface area contributed by atoms with Gasteiger partial charge in [0.2, 0.25) is 5.95 Å². The van der Waals surface area contributed by atoms with Crippen LogP contribution in [0.25, 0.3) is 0 Å². The van der Waals surface area contributed by atoms with Crippen LogP contribution in [0, 0.1) is 0 Å². The smallest absolute Gasteiger partial charge is 0.433 e. The zero-order valence-electron chi connectivity index (χ0n) is 10.7. The number of carboxylic acids is 1. The highest BCUT2D eigenvalue weighted by molar-refractivity contribution is 5.73. The van der Waals surface area contributed by atoms with Gasteiger partial charge in [0, 0.05) is 11.7 Å². The van der Waals surface area contributed by atoms with Gasteiger partial charge in [0.05, 0.1) is 0 Å². The number of hydrogen-bond donors (Lipinski definition) is 1. The van der Waals surface area contributed by atoms with Gasteiger partial charge in [-0.15, -0.1) is 0 Å². The Kier molecular flexibility index (Phi) is 4.02. The number of hydrogen-bond acceptors (Lipinski definition) is 4. The first kappa shape index (κ1) is 15.2. The van der Waals surface area contributed by atoms with E-state index in [4.69, 9.17) is 5.11 Å². The minimum Gasteiger partial charge on any atom is -0.480 e. The van der Waals surface area contributed by atoms with Crippen molar-refractivity contribution in [3.05, 3.63) is 18.0 Å². The standard InChI is InChI=1S/C11H14F3N3O2/c1-10(2,3)17(6-8(18)19)9-15-5-4-7(16-9)11(12,13)14/h4-5H,6H2,1-3H3,(H,18,19). The number of aromatic nitrogens is 2. The molecule has 0 saturated carbocycles. The van der Waals surface area contributed by atoms with E-state index in [-0.39, 0.29) is 5.95 Å². The van der Waals surface area contributed by atoms with Gasteiger partial charge in [-0.25, -0.2) is 9.97 Å². The van der Waals surface area contributed by atoms with Crippen LogP contribution in [0.1, 0.15) is 26.5 Å². The number of carboxylic acid groups (broad SMARTS) is 1. The fourth-order valence-corrected chi connectivity index (χ4v) is 1.38. The predicted octanol–water partition coefficient (Wildman–Crippen LogP) is 2.18. The highest BCUT2D eigenvalue weighted by Crippen LogP contribution is 2.29. The van der Waals surface area contributed by atoms with Crippen molar-refractivity contribution in [2.75, 3.05) is 11.4 Å². The number of rotatable bonds is 3. The molecule has 0 aliphatic heterocycles. The maximum Gasteiger partial charge on any atom is 0.433 e. The van der Waals surface area contributed by atoms with E-state index in [0.29, 0.717) is 0 Å². The van der Waals surface area contributed by atoms with Crippen LogP contribution in [0.15, 0.2) is 12.3 Å². The number of anilines is 1. The van der Waals surface area contributed by atoms with Crippen LogP contribution < -0.4 is 4.90 Å². The maximum atomic E-state index is 12.6. The van der Waals surface area contributed by atoms with E-state index < -0.39 is 29.9 Å². The molecule has 0 aliphatic carbocycles. The summed E-state index contributed by atoms with van der Waals surface area (Å²) in [6.45, 7) is 4.52. The Balaban J connectivity index is 3.20. The van der Waals surface area contributed by atoms with Crippen molar-refractivity contribution in [1.29, 1.82) is 0 Å². The Morgan fingerprint density at radius 1 is 1.37 bits per heavy atom. The van der Waals surface area contributed by atoms with Gasteiger partial charge in [0.1, 0.15) is 12.2 Å². The maximum absolute atomic E-state index is 12.6. The lowest BCUT2D eigenvalue weighted by Gasteiger charge is -2.34. The summed E-state index contributed by atoms with van der Waals surface area (Å²) in [7, 11) is 0. The van der Waals surface area contributed by atoms with E-state index >= 15 is 0 Å². The summed E-state index contributed by atoms with van der Waals surface area (Å²) >= 11 is 0. The second-order valence-corrected chi connectivity index (χ2v) is 4.89. The molecule has 0 bridgehead atoms. The molecular formula is C11H14F3N3O2. The van der Waals surface area contributed by atoms with Crippen LogP contribution in [0.5, 0.6) is 0 Å². The highest BCUT2D eigenvalue weighted by Gasteiger charge is 2.34. The molecule has 1 N–H and O–H groups in total. The van der Waals surface area contributed by atoms with Gasteiger partial charge in [0.15, 0.2) is 0 Å². The largest absolute Gasteiger partial charge is 0.480 e. The molecule has 1 rings (SSSR count). The lowest BCUT2D eigenvalue weighted by molar-refractivity contribution is -0.141. The van der Waals surface area contributed by atoms with Crippen molar-refractivity contribution in [2.45, 2.75) is 32.5 Å². The normalized spacial score (nSPS) is 12.3. The Morgan fingerprint density at radius 2 is 1.95 bits per heavy atom. The molecule has 19 heavy (non-hydrogen) atoms. The number of carbonyl (C=O) groups is 1. The topological polar surface area (TPSA) is 66.3 Å². The van der Waals surface area contributed by atoms with Crippen LogP contribution in [-0.2, 0) is 11.0 Å². The van der Waals surface area contributed by atoms with Crippen LogP contribution >= 0.6 is 0 Å². The molecule has 1 aromatic rings. The van der Waals surface area contributed by atoms with Gasteiger partial charge in [-0.1, -0.05) is 0 Å². The zero-order valence-corrected chi connectivity index (χ0v) is 10.7. The van der Waals surface area contributed by atoms with Crippen molar-refractivity contribution in [3.63, 3.8) is 0 Å². The minimum atomic E-state index is -4.59. The van der Waals surface area contributed by atoms with Gasteiger partial charge in [0.25, 0.3) is 0 Å². The highest BCUT2D eigenvalue weighted by atomic mass is 19.4. The van der Waals surface area contributed by atoms with Gasteiger partial charge in [-0.3, -0.25) is 4.79 Å². The quantitative estimate of drug-likeness (QED) is 0.917. The monoisotopic (exact) mass is 277 g/mol. The summed E-state index contributed by atoms with van der Waals surface area (Å²) in [6.07, 6.45) is -3.63. The molecular weight excluding hydrogens is 263 g/mol. The van der Waals surface area contributed by atoms with Crippen LogP contribution in [0.4, 0.5) is 19.1 Å². The molecule has 0 saturated heterocycles. The molecule has 8 heteroatoms. The third-order valence-electron chi connectivity index (χ3n) is 2.28. The summed E-state index contributed by atoms with van der Waals surface area (Å²) in [4.78, 5) is 19.1. The summed E-state index contributed by atoms with van der Waals surface area (Å²) in [5.41, 5.74) is -1.82. The van der Waals surface area contributed by atoms with Crippen molar-refractivity contribution in [2.24, 2.45) is 0 Å².